The molecule has 4 aromatic rings. The molecule has 3 aromatic carbocycles. The molecule has 0 N–H and O–H groups in total. The molecule has 26 heavy (non-hydrogen) atoms. The van der Waals surface area contributed by atoms with E-state index >= 15 is 0 Å². The van der Waals surface area contributed by atoms with E-state index in [4.69, 9.17) is 9.47 Å². The molecular weight excluding hydrogens is 328 g/mol. The molecule has 130 valence electrons. The van der Waals surface area contributed by atoms with E-state index in [2.05, 4.69) is 39.7 Å². The maximum Gasteiger partial charge on any atom is 0.205 e. The third-order valence-electron chi connectivity index (χ3n) is 4.29. The summed E-state index contributed by atoms with van der Waals surface area (Å²) in [7, 11) is 3.21. The van der Waals surface area contributed by atoms with Gasteiger partial charge in [0, 0.05) is 5.56 Å². The van der Waals surface area contributed by atoms with Gasteiger partial charge in [0.05, 0.1) is 20.8 Å². The molecule has 0 fully saturated rings. The standard InChI is InChI=1S/C20H18N4O2/c1-25-18-11-10-15(12-19(18)26-2)20-21-23-24(22-20)13-16-8-5-7-14-6-3-4-9-17(14)16/h3-12H,13H2,1-2H3. The van der Waals surface area contributed by atoms with E-state index in [0.717, 1.165) is 11.1 Å². The Morgan fingerprint density at radius 1 is 0.885 bits per heavy atom. The van der Waals surface area contributed by atoms with Gasteiger partial charge in [0.15, 0.2) is 11.5 Å². The Balaban J connectivity index is 1.64. The fraction of sp³-hybridized carbons (Fsp3) is 0.150. The van der Waals surface area contributed by atoms with Gasteiger partial charge in [0.1, 0.15) is 0 Å². The summed E-state index contributed by atoms with van der Waals surface area (Å²) < 4.78 is 10.6. The van der Waals surface area contributed by atoms with E-state index in [1.54, 1.807) is 19.0 Å². The summed E-state index contributed by atoms with van der Waals surface area (Å²) in [6.45, 7) is 0.557. The lowest BCUT2D eigenvalue weighted by atomic mass is 10.1. The largest absolute Gasteiger partial charge is 0.493 e. The van der Waals surface area contributed by atoms with Gasteiger partial charge in [-0.15, -0.1) is 10.2 Å². The maximum atomic E-state index is 5.34. The Kier molecular flexibility index (Phi) is 4.23. The van der Waals surface area contributed by atoms with Gasteiger partial charge < -0.3 is 9.47 Å². The molecule has 0 saturated heterocycles. The van der Waals surface area contributed by atoms with Gasteiger partial charge in [-0.25, -0.2) is 0 Å². The molecule has 0 atom stereocenters. The van der Waals surface area contributed by atoms with E-state index in [0.29, 0.717) is 23.9 Å². The van der Waals surface area contributed by atoms with Crippen LogP contribution in [0.15, 0.2) is 60.7 Å². The van der Waals surface area contributed by atoms with Crippen LogP contribution in [0.4, 0.5) is 0 Å². The summed E-state index contributed by atoms with van der Waals surface area (Å²) in [5, 5.41) is 15.3. The predicted molar refractivity (Wildman–Crippen MR) is 99.4 cm³/mol. The monoisotopic (exact) mass is 346 g/mol. The topological polar surface area (TPSA) is 62.1 Å². The summed E-state index contributed by atoms with van der Waals surface area (Å²) in [5.41, 5.74) is 1.98. The first-order valence-electron chi connectivity index (χ1n) is 8.25. The Labute approximate surface area is 151 Å². The van der Waals surface area contributed by atoms with Crippen molar-refractivity contribution >= 4 is 10.8 Å². The van der Waals surface area contributed by atoms with Gasteiger partial charge in [-0.05, 0) is 39.7 Å². The van der Waals surface area contributed by atoms with Crippen molar-refractivity contribution < 1.29 is 9.47 Å². The normalized spacial score (nSPS) is 10.8. The number of tetrazole rings is 1. The lowest BCUT2D eigenvalue weighted by Crippen LogP contribution is -2.04. The average molecular weight is 346 g/mol. The van der Waals surface area contributed by atoms with Crippen molar-refractivity contribution in [1.82, 2.24) is 20.2 Å². The molecule has 0 spiro atoms. The van der Waals surface area contributed by atoms with E-state index in [9.17, 15) is 0 Å². The zero-order valence-electron chi connectivity index (χ0n) is 14.6. The van der Waals surface area contributed by atoms with Crippen LogP contribution >= 0.6 is 0 Å². The summed E-state index contributed by atoms with van der Waals surface area (Å²) in [4.78, 5) is 1.60. The Hall–Kier alpha value is -3.41. The van der Waals surface area contributed by atoms with Crippen LogP contribution in [-0.2, 0) is 6.54 Å². The van der Waals surface area contributed by atoms with Crippen LogP contribution in [0.2, 0.25) is 0 Å². The highest BCUT2D eigenvalue weighted by atomic mass is 16.5. The first kappa shape index (κ1) is 16.1. The minimum atomic E-state index is 0.547. The first-order valence-corrected chi connectivity index (χ1v) is 8.25. The van der Waals surface area contributed by atoms with Crippen molar-refractivity contribution in [1.29, 1.82) is 0 Å². The number of hydrogen-bond acceptors (Lipinski definition) is 5. The number of rotatable bonds is 5. The maximum absolute atomic E-state index is 5.34. The number of ether oxygens (including phenoxy) is 2. The van der Waals surface area contributed by atoms with Crippen LogP contribution < -0.4 is 9.47 Å². The molecule has 0 aliphatic carbocycles. The van der Waals surface area contributed by atoms with Gasteiger partial charge in [-0.1, -0.05) is 42.5 Å². The molecule has 0 amide bonds. The molecule has 6 nitrogen and oxygen atoms in total. The van der Waals surface area contributed by atoms with E-state index in [1.165, 1.54) is 10.8 Å². The molecule has 0 bridgehead atoms. The van der Waals surface area contributed by atoms with Crippen molar-refractivity contribution in [3.8, 4) is 22.9 Å². The zero-order valence-corrected chi connectivity index (χ0v) is 14.6. The second kappa shape index (κ2) is 6.84. The molecule has 0 aliphatic heterocycles. The highest BCUT2D eigenvalue weighted by Crippen LogP contribution is 2.30. The Morgan fingerprint density at radius 3 is 2.54 bits per heavy atom. The molecule has 0 radical (unpaired) electrons. The van der Waals surface area contributed by atoms with Crippen LogP contribution in [0.5, 0.6) is 11.5 Å². The third kappa shape index (κ3) is 2.97. The highest BCUT2D eigenvalue weighted by Gasteiger charge is 2.11. The van der Waals surface area contributed by atoms with Crippen molar-refractivity contribution in [2.75, 3.05) is 14.2 Å². The lowest BCUT2D eigenvalue weighted by molar-refractivity contribution is 0.355. The second-order valence-electron chi connectivity index (χ2n) is 5.85. The van der Waals surface area contributed by atoms with E-state index < -0.39 is 0 Å². The molecule has 6 heteroatoms. The minimum absolute atomic E-state index is 0.547. The summed E-state index contributed by atoms with van der Waals surface area (Å²) >= 11 is 0. The Bertz CT molecular complexity index is 1050. The molecule has 0 aliphatic rings. The summed E-state index contributed by atoms with van der Waals surface area (Å²) in [5.74, 6) is 1.85. The van der Waals surface area contributed by atoms with Gasteiger partial charge in [-0.2, -0.15) is 4.80 Å². The quantitative estimate of drug-likeness (QED) is 0.553. The lowest BCUT2D eigenvalue weighted by Gasteiger charge is -2.07. The zero-order chi connectivity index (χ0) is 17.9. The van der Waals surface area contributed by atoms with Crippen molar-refractivity contribution in [2.24, 2.45) is 0 Å². The summed E-state index contributed by atoms with van der Waals surface area (Å²) in [6, 6.07) is 20.1. The Morgan fingerprint density at radius 2 is 1.69 bits per heavy atom. The number of methoxy groups -OCH3 is 2. The first-order chi connectivity index (χ1) is 12.8. The number of nitrogens with zero attached hydrogens (tertiary/aromatic N) is 4. The van der Waals surface area contributed by atoms with Crippen LogP contribution in [-0.4, -0.2) is 34.4 Å². The molecule has 4 rings (SSSR count). The van der Waals surface area contributed by atoms with Crippen LogP contribution in [0, 0.1) is 0 Å². The third-order valence-corrected chi connectivity index (χ3v) is 4.29. The minimum Gasteiger partial charge on any atom is -0.493 e. The fourth-order valence-corrected chi connectivity index (χ4v) is 2.98. The predicted octanol–water partition coefficient (Wildman–Crippen LogP) is 3.56. The van der Waals surface area contributed by atoms with Crippen LogP contribution in [0.25, 0.3) is 22.2 Å². The van der Waals surface area contributed by atoms with Gasteiger partial charge in [0.25, 0.3) is 0 Å². The molecule has 0 unspecified atom stereocenters. The van der Waals surface area contributed by atoms with E-state index in [-0.39, 0.29) is 0 Å². The molecular formula is C20H18N4O2. The smallest absolute Gasteiger partial charge is 0.205 e. The van der Waals surface area contributed by atoms with Gasteiger partial charge in [-0.3, -0.25) is 0 Å². The molecule has 1 aromatic heterocycles. The SMILES string of the molecule is COc1ccc(-c2nnn(Cc3cccc4ccccc34)n2)cc1OC. The second-order valence-corrected chi connectivity index (χ2v) is 5.85. The van der Waals surface area contributed by atoms with Crippen molar-refractivity contribution in [3.05, 3.63) is 66.2 Å². The van der Waals surface area contributed by atoms with Gasteiger partial charge in [0.2, 0.25) is 5.82 Å². The number of benzene rings is 3. The fourth-order valence-electron chi connectivity index (χ4n) is 2.98. The molecule has 1 heterocycles. The van der Waals surface area contributed by atoms with Crippen LogP contribution in [0.1, 0.15) is 5.56 Å². The van der Waals surface area contributed by atoms with Crippen molar-refractivity contribution in [2.45, 2.75) is 6.54 Å². The van der Waals surface area contributed by atoms with Crippen molar-refractivity contribution in [3.63, 3.8) is 0 Å². The highest BCUT2D eigenvalue weighted by molar-refractivity contribution is 5.85. The number of aromatic nitrogens is 4. The summed E-state index contributed by atoms with van der Waals surface area (Å²) in [6.07, 6.45) is 0. The average Bonchev–Trinajstić information content (AvgIpc) is 3.16. The van der Waals surface area contributed by atoms with Gasteiger partial charge >= 0.3 is 0 Å². The van der Waals surface area contributed by atoms with Crippen LogP contribution in [0.3, 0.4) is 0 Å². The van der Waals surface area contributed by atoms with E-state index in [1.807, 2.05) is 36.4 Å². The molecule has 0 saturated carbocycles. The number of hydrogen-bond donors (Lipinski definition) is 0. The number of fused-ring (bicyclic) bond motifs is 1.